The number of aliphatic hydroxyl groups is 6. The number of hydrogen-bond acceptors (Lipinski definition) is 9. The van der Waals surface area contributed by atoms with Crippen molar-refractivity contribution >= 4 is 7.60 Å². The minimum Gasteiger partial charge on any atom is -0.387 e. The van der Waals surface area contributed by atoms with Crippen molar-refractivity contribution in [3.05, 3.63) is 0 Å². The van der Waals surface area contributed by atoms with Crippen LogP contribution in [0.3, 0.4) is 0 Å². The van der Waals surface area contributed by atoms with Crippen LogP contribution < -0.4 is 0 Å². The molecular formula is C11H23O9P. The van der Waals surface area contributed by atoms with Gasteiger partial charge in [0.2, 0.25) is 0 Å². The zero-order valence-electron chi connectivity index (χ0n) is 11.9. The average Bonchev–Trinajstić information content (AvgIpc) is 2.42. The van der Waals surface area contributed by atoms with Gasteiger partial charge in [-0.3, -0.25) is 4.57 Å². The van der Waals surface area contributed by atoms with E-state index >= 15 is 0 Å². The van der Waals surface area contributed by atoms with E-state index in [1.165, 1.54) is 13.8 Å². The lowest BCUT2D eigenvalue weighted by Gasteiger charge is -2.48. The van der Waals surface area contributed by atoms with Gasteiger partial charge in [0.05, 0.1) is 19.4 Å². The molecule has 0 bridgehead atoms. The smallest absolute Gasteiger partial charge is 0.333 e. The van der Waals surface area contributed by atoms with E-state index in [0.717, 1.165) is 0 Å². The lowest BCUT2D eigenvalue weighted by atomic mass is 9.76. The minimum atomic E-state index is -3.87. The second-order valence-electron chi connectivity index (χ2n) is 4.96. The van der Waals surface area contributed by atoms with Gasteiger partial charge in [-0.15, -0.1) is 0 Å². The van der Waals surface area contributed by atoms with Gasteiger partial charge in [0, 0.05) is 0 Å². The fraction of sp³-hybridized carbons (Fsp3) is 1.00. The van der Waals surface area contributed by atoms with E-state index in [2.05, 4.69) is 0 Å². The topological polar surface area (TPSA) is 157 Å². The van der Waals surface area contributed by atoms with Crippen molar-refractivity contribution in [2.24, 2.45) is 0 Å². The predicted molar refractivity (Wildman–Crippen MR) is 70.7 cm³/mol. The van der Waals surface area contributed by atoms with Crippen LogP contribution in [0.15, 0.2) is 0 Å². The molecule has 6 atom stereocenters. The molecule has 1 aliphatic carbocycles. The molecule has 21 heavy (non-hydrogen) atoms. The highest BCUT2D eigenvalue weighted by Gasteiger charge is 2.60. The average molecular weight is 330 g/mol. The van der Waals surface area contributed by atoms with Gasteiger partial charge < -0.3 is 39.7 Å². The monoisotopic (exact) mass is 330 g/mol. The normalized spacial score (nSPS) is 41.2. The highest BCUT2D eigenvalue weighted by atomic mass is 31.2. The van der Waals surface area contributed by atoms with Gasteiger partial charge >= 0.3 is 7.60 Å². The molecule has 6 N–H and O–H groups in total. The first kappa shape index (κ1) is 19.0. The fourth-order valence-corrected chi connectivity index (χ4v) is 4.40. The molecule has 126 valence electrons. The first-order valence-electron chi connectivity index (χ1n) is 6.63. The van der Waals surface area contributed by atoms with Gasteiger partial charge in [-0.2, -0.15) is 0 Å². The van der Waals surface area contributed by atoms with Crippen molar-refractivity contribution in [1.29, 1.82) is 0 Å². The Morgan fingerprint density at radius 1 is 0.905 bits per heavy atom. The van der Waals surface area contributed by atoms with Crippen LogP contribution in [0.5, 0.6) is 0 Å². The summed E-state index contributed by atoms with van der Waals surface area (Å²) >= 11 is 0. The van der Waals surface area contributed by atoms with E-state index in [0.29, 0.717) is 0 Å². The Bertz CT molecular complexity index is 364. The summed E-state index contributed by atoms with van der Waals surface area (Å²) in [6.07, 6.45) is -10.6. The summed E-state index contributed by atoms with van der Waals surface area (Å²) in [6, 6.07) is 0. The van der Waals surface area contributed by atoms with E-state index in [9.17, 15) is 35.2 Å². The largest absolute Gasteiger partial charge is 0.387 e. The van der Waals surface area contributed by atoms with E-state index < -0.39 is 49.9 Å². The van der Waals surface area contributed by atoms with Gasteiger partial charge in [0.1, 0.15) is 36.1 Å². The molecular weight excluding hydrogens is 307 g/mol. The highest BCUT2D eigenvalue weighted by Crippen LogP contribution is 2.52. The van der Waals surface area contributed by atoms with Crippen LogP contribution in [-0.2, 0) is 13.6 Å². The first-order valence-corrected chi connectivity index (χ1v) is 8.36. The molecule has 0 spiro atoms. The van der Waals surface area contributed by atoms with Crippen LogP contribution in [0.25, 0.3) is 0 Å². The molecule has 1 rings (SSSR count). The van der Waals surface area contributed by atoms with E-state index in [1.54, 1.807) is 0 Å². The number of hydrogen-bond donors (Lipinski definition) is 6. The van der Waals surface area contributed by atoms with Crippen molar-refractivity contribution in [2.45, 2.75) is 50.0 Å². The van der Waals surface area contributed by atoms with E-state index in [1.807, 2.05) is 0 Å². The molecule has 10 heteroatoms. The minimum absolute atomic E-state index is 0.00667. The van der Waals surface area contributed by atoms with Crippen LogP contribution in [0, 0.1) is 0 Å². The van der Waals surface area contributed by atoms with Crippen molar-refractivity contribution in [1.82, 2.24) is 0 Å². The van der Waals surface area contributed by atoms with Crippen LogP contribution in [0.2, 0.25) is 0 Å². The molecule has 0 saturated heterocycles. The molecule has 0 aromatic carbocycles. The van der Waals surface area contributed by atoms with Gasteiger partial charge in [-0.1, -0.05) is 0 Å². The lowest BCUT2D eigenvalue weighted by Crippen LogP contribution is -2.72. The molecule has 0 aromatic heterocycles. The third-order valence-corrected chi connectivity index (χ3v) is 5.67. The maximum Gasteiger partial charge on any atom is 0.333 e. The summed E-state index contributed by atoms with van der Waals surface area (Å²) in [5, 5.41) is 58.9. The van der Waals surface area contributed by atoms with Crippen molar-refractivity contribution < 1.29 is 44.3 Å². The molecule has 9 nitrogen and oxygen atoms in total. The maximum absolute atomic E-state index is 12.4. The molecule has 1 fully saturated rings. The summed E-state index contributed by atoms with van der Waals surface area (Å²) < 4.78 is 22.3. The van der Waals surface area contributed by atoms with Crippen molar-refractivity contribution in [2.75, 3.05) is 19.4 Å². The summed E-state index contributed by atoms with van der Waals surface area (Å²) in [5.41, 5.74) is -2.56. The van der Waals surface area contributed by atoms with Gasteiger partial charge in [0.25, 0.3) is 0 Å². The Hall–Kier alpha value is -0.0900. The Kier molecular flexibility index (Phi) is 6.31. The summed E-state index contributed by atoms with van der Waals surface area (Å²) in [6.45, 7) is 3.06. The Morgan fingerprint density at radius 3 is 1.62 bits per heavy atom. The quantitative estimate of drug-likeness (QED) is 0.297. The first-order chi connectivity index (χ1) is 9.63. The van der Waals surface area contributed by atoms with Crippen LogP contribution in [-0.4, -0.2) is 86.1 Å². The van der Waals surface area contributed by atoms with Gasteiger partial charge in [-0.05, 0) is 13.8 Å². The second kappa shape index (κ2) is 6.99. The third kappa shape index (κ3) is 3.64. The number of aliphatic hydroxyl groups excluding tert-OH is 5. The Balaban J connectivity index is 3.08. The Morgan fingerprint density at radius 2 is 1.29 bits per heavy atom. The van der Waals surface area contributed by atoms with Crippen LogP contribution in [0.1, 0.15) is 13.8 Å². The highest BCUT2D eigenvalue weighted by molar-refractivity contribution is 7.53. The van der Waals surface area contributed by atoms with Crippen molar-refractivity contribution in [3.63, 3.8) is 0 Å². The molecule has 0 aliphatic heterocycles. The fourth-order valence-electron chi connectivity index (χ4n) is 2.36. The summed E-state index contributed by atoms with van der Waals surface area (Å²) in [7, 11) is -3.87. The van der Waals surface area contributed by atoms with Crippen molar-refractivity contribution in [3.8, 4) is 0 Å². The van der Waals surface area contributed by atoms with Gasteiger partial charge in [-0.25, -0.2) is 0 Å². The third-order valence-electron chi connectivity index (χ3n) is 3.47. The molecule has 0 heterocycles. The molecule has 2 unspecified atom stereocenters. The predicted octanol–water partition coefficient (Wildman–Crippen LogP) is -2.20. The molecule has 0 radical (unpaired) electrons. The van der Waals surface area contributed by atoms with Crippen LogP contribution >= 0.6 is 7.60 Å². The van der Waals surface area contributed by atoms with Gasteiger partial charge in [0.15, 0.2) is 0 Å². The summed E-state index contributed by atoms with van der Waals surface area (Å²) in [5.74, 6) is 0. The number of rotatable bonds is 6. The molecule has 1 aliphatic rings. The zero-order valence-corrected chi connectivity index (χ0v) is 12.8. The summed E-state index contributed by atoms with van der Waals surface area (Å²) in [4.78, 5) is 0. The maximum atomic E-state index is 12.4. The lowest BCUT2D eigenvalue weighted by molar-refractivity contribution is -0.260. The SMILES string of the molecule is CCOP(=O)(CC1(O)[C@H](O)[C@H](O)C(O)[C@H](O)[C@H]1O)OCC. The standard InChI is InChI=1S/C11H23O9P/c1-3-19-21(18,20-4-2)5-11(17)9(15)7(13)6(12)8(14)10(11)16/h6-10,12-17H,3-5H2,1-2H3/t6?,7-,8+,9-,10-,11?/m1/s1. The van der Waals surface area contributed by atoms with E-state index in [4.69, 9.17) is 9.05 Å². The zero-order chi connectivity index (χ0) is 16.4. The molecule has 0 aromatic rings. The van der Waals surface area contributed by atoms with E-state index in [-0.39, 0.29) is 13.2 Å². The van der Waals surface area contributed by atoms with Crippen LogP contribution in [0.4, 0.5) is 0 Å². The molecule has 0 amide bonds. The second-order valence-corrected chi connectivity index (χ2v) is 7.01. The molecule has 1 saturated carbocycles. The Labute approximate surface area is 122 Å².